The lowest BCUT2D eigenvalue weighted by molar-refractivity contribution is 0.475. The minimum Gasteiger partial charge on any atom is -0.508 e. The maximum atomic E-state index is 12.0. The van der Waals surface area contributed by atoms with Crippen LogP contribution in [-0.2, 0) is 16.4 Å². The summed E-state index contributed by atoms with van der Waals surface area (Å²) < 4.78 is 26.5. The number of nitrogen functional groups attached to an aromatic ring is 1. The highest BCUT2D eigenvalue weighted by molar-refractivity contribution is 7.89. The van der Waals surface area contributed by atoms with Crippen LogP contribution in [0.15, 0.2) is 47.5 Å². The van der Waals surface area contributed by atoms with E-state index in [9.17, 15) is 8.42 Å². The SMILES string of the molecule is Nc1ncccc1S(=O)(=O)NCCc1ccc(O)cc1. The Morgan fingerprint density at radius 2 is 1.90 bits per heavy atom. The van der Waals surface area contributed by atoms with Crippen molar-refractivity contribution in [2.24, 2.45) is 0 Å². The van der Waals surface area contributed by atoms with Gasteiger partial charge in [0.25, 0.3) is 0 Å². The van der Waals surface area contributed by atoms with Crippen molar-refractivity contribution in [1.29, 1.82) is 0 Å². The lowest BCUT2D eigenvalue weighted by Gasteiger charge is -2.08. The first-order chi connectivity index (χ1) is 9.49. The molecule has 0 fully saturated rings. The maximum absolute atomic E-state index is 12.0. The monoisotopic (exact) mass is 293 g/mol. The summed E-state index contributed by atoms with van der Waals surface area (Å²) in [5.74, 6) is 0.155. The quantitative estimate of drug-likeness (QED) is 0.759. The van der Waals surface area contributed by atoms with Crippen LogP contribution in [0.1, 0.15) is 5.56 Å². The van der Waals surface area contributed by atoms with Gasteiger partial charge in [0.15, 0.2) is 0 Å². The average Bonchev–Trinajstić information content (AvgIpc) is 2.41. The van der Waals surface area contributed by atoms with E-state index in [0.717, 1.165) is 5.56 Å². The van der Waals surface area contributed by atoms with E-state index >= 15 is 0 Å². The molecule has 0 saturated carbocycles. The molecule has 106 valence electrons. The van der Waals surface area contributed by atoms with Crippen LogP contribution in [-0.4, -0.2) is 25.1 Å². The average molecular weight is 293 g/mol. The molecule has 0 aliphatic heterocycles. The summed E-state index contributed by atoms with van der Waals surface area (Å²) in [6.45, 7) is 0.238. The van der Waals surface area contributed by atoms with Gasteiger partial charge < -0.3 is 10.8 Å². The second-order valence-electron chi connectivity index (χ2n) is 4.20. The predicted octanol–water partition coefficient (Wildman–Crippen LogP) is 0.890. The molecule has 0 aliphatic carbocycles. The van der Waals surface area contributed by atoms with E-state index in [4.69, 9.17) is 10.8 Å². The molecule has 1 heterocycles. The van der Waals surface area contributed by atoms with Crippen LogP contribution < -0.4 is 10.5 Å². The van der Waals surface area contributed by atoms with Crippen LogP contribution in [0.25, 0.3) is 0 Å². The standard InChI is InChI=1S/C13H15N3O3S/c14-13-12(2-1-8-15-13)20(18,19)16-9-7-10-3-5-11(17)6-4-10/h1-6,8,16-17H,7,9H2,(H2,14,15). The molecule has 0 amide bonds. The molecule has 0 radical (unpaired) electrons. The van der Waals surface area contributed by atoms with E-state index in [1.165, 1.54) is 18.3 Å². The Balaban J connectivity index is 2.00. The number of benzene rings is 1. The number of nitrogens with two attached hydrogens (primary N) is 1. The zero-order valence-corrected chi connectivity index (χ0v) is 11.5. The van der Waals surface area contributed by atoms with Gasteiger partial charge in [-0.1, -0.05) is 12.1 Å². The van der Waals surface area contributed by atoms with Crippen molar-refractivity contribution < 1.29 is 13.5 Å². The van der Waals surface area contributed by atoms with Crippen LogP contribution in [0.5, 0.6) is 5.75 Å². The third kappa shape index (κ3) is 3.46. The highest BCUT2D eigenvalue weighted by atomic mass is 32.2. The van der Waals surface area contributed by atoms with Gasteiger partial charge in [-0.2, -0.15) is 0 Å². The first kappa shape index (κ1) is 14.3. The van der Waals surface area contributed by atoms with Gasteiger partial charge in [0, 0.05) is 12.7 Å². The fourth-order valence-electron chi connectivity index (χ4n) is 1.70. The number of phenols is 1. The van der Waals surface area contributed by atoms with Crippen LogP contribution in [0, 0.1) is 0 Å². The van der Waals surface area contributed by atoms with Crippen molar-refractivity contribution in [2.45, 2.75) is 11.3 Å². The van der Waals surface area contributed by atoms with E-state index in [2.05, 4.69) is 9.71 Å². The molecule has 1 aromatic carbocycles. The number of phenolic OH excluding ortho intramolecular Hbond substituents is 1. The number of anilines is 1. The van der Waals surface area contributed by atoms with Crippen LogP contribution >= 0.6 is 0 Å². The number of rotatable bonds is 5. The van der Waals surface area contributed by atoms with Gasteiger partial charge >= 0.3 is 0 Å². The van der Waals surface area contributed by atoms with Gasteiger partial charge in [-0.05, 0) is 36.2 Å². The predicted molar refractivity (Wildman–Crippen MR) is 75.6 cm³/mol. The molecule has 0 bridgehead atoms. The Hall–Kier alpha value is -2.12. The molecule has 0 spiro atoms. The molecular weight excluding hydrogens is 278 g/mol. The maximum Gasteiger partial charge on any atom is 0.244 e. The first-order valence-electron chi connectivity index (χ1n) is 5.97. The lowest BCUT2D eigenvalue weighted by Crippen LogP contribution is -2.27. The number of aromatic hydroxyl groups is 1. The van der Waals surface area contributed by atoms with Crippen molar-refractivity contribution in [2.75, 3.05) is 12.3 Å². The number of nitrogens with zero attached hydrogens (tertiary/aromatic N) is 1. The van der Waals surface area contributed by atoms with Crippen molar-refractivity contribution in [3.8, 4) is 5.75 Å². The van der Waals surface area contributed by atoms with Crippen molar-refractivity contribution >= 4 is 15.8 Å². The Kier molecular flexibility index (Phi) is 4.21. The molecule has 0 atom stereocenters. The minimum atomic E-state index is -3.66. The number of sulfonamides is 1. The van der Waals surface area contributed by atoms with Gasteiger partial charge in [0.2, 0.25) is 10.0 Å². The third-order valence-corrected chi connectivity index (χ3v) is 4.24. The summed E-state index contributed by atoms with van der Waals surface area (Å²) in [5, 5.41) is 9.16. The van der Waals surface area contributed by atoms with Gasteiger partial charge in [-0.3, -0.25) is 0 Å². The summed E-state index contributed by atoms with van der Waals surface area (Å²) >= 11 is 0. The molecule has 20 heavy (non-hydrogen) atoms. The Morgan fingerprint density at radius 3 is 2.55 bits per heavy atom. The second kappa shape index (κ2) is 5.89. The Labute approximate surface area is 117 Å². The van der Waals surface area contributed by atoms with Crippen LogP contribution in [0.2, 0.25) is 0 Å². The lowest BCUT2D eigenvalue weighted by atomic mass is 10.1. The molecule has 2 aromatic rings. The topological polar surface area (TPSA) is 105 Å². The number of hydrogen-bond donors (Lipinski definition) is 3. The fraction of sp³-hybridized carbons (Fsp3) is 0.154. The van der Waals surface area contributed by atoms with Crippen molar-refractivity contribution in [3.63, 3.8) is 0 Å². The largest absolute Gasteiger partial charge is 0.508 e. The number of aromatic nitrogens is 1. The molecular formula is C13H15N3O3S. The molecule has 1 aromatic heterocycles. The van der Waals surface area contributed by atoms with Gasteiger partial charge in [0.1, 0.15) is 16.5 Å². The summed E-state index contributed by atoms with van der Waals surface area (Å²) in [6, 6.07) is 9.52. The Bertz CT molecular complexity index is 684. The van der Waals surface area contributed by atoms with E-state index in [1.54, 1.807) is 24.3 Å². The first-order valence-corrected chi connectivity index (χ1v) is 7.45. The molecule has 4 N–H and O–H groups in total. The van der Waals surface area contributed by atoms with Gasteiger partial charge in [-0.25, -0.2) is 18.1 Å². The second-order valence-corrected chi connectivity index (χ2v) is 5.94. The van der Waals surface area contributed by atoms with Gasteiger partial charge in [-0.15, -0.1) is 0 Å². The summed E-state index contributed by atoms with van der Waals surface area (Å²) in [6.07, 6.45) is 1.95. The number of nitrogens with one attached hydrogen (secondary N) is 1. The van der Waals surface area contributed by atoms with E-state index in [1.807, 2.05) is 0 Å². The zero-order chi connectivity index (χ0) is 14.6. The van der Waals surface area contributed by atoms with E-state index < -0.39 is 10.0 Å². The number of hydrogen-bond acceptors (Lipinski definition) is 5. The zero-order valence-electron chi connectivity index (χ0n) is 10.7. The third-order valence-electron chi connectivity index (χ3n) is 2.73. The smallest absolute Gasteiger partial charge is 0.244 e. The van der Waals surface area contributed by atoms with Crippen LogP contribution in [0.3, 0.4) is 0 Å². The molecule has 0 unspecified atom stereocenters. The molecule has 0 aliphatic rings. The van der Waals surface area contributed by atoms with E-state index in [0.29, 0.717) is 6.42 Å². The van der Waals surface area contributed by atoms with Crippen LogP contribution in [0.4, 0.5) is 5.82 Å². The fourth-order valence-corrected chi connectivity index (χ4v) is 2.81. The summed E-state index contributed by atoms with van der Waals surface area (Å²) in [5.41, 5.74) is 6.47. The summed E-state index contributed by atoms with van der Waals surface area (Å²) in [4.78, 5) is 3.73. The Morgan fingerprint density at radius 1 is 1.20 bits per heavy atom. The van der Waals surface area contributed by atoms with Crippen molar-refractivity contribution in [3.05, 3.63) is 48.2 Å². The van der Waals surface area contributed by atoms with Gasteiger partial charge in [0.05, 0.1) is 0 Å². The highest BCUT2D eigenvalue weighted by Gasteiger charge is 2.16. The number of pyridine rings is 1. The van der Waals surface area contributed by atoms with Crippen molar-refractivity contribution in [1.82, 2.24) is 9.71 Å². The molecule has 7 heteroatoms. The normalized spacial score (nSPS) is 11.4. The highest BCUT2D eigenvalue weighted by Crippen LogP contribution is 2.14. The minimum absolute atomic E-state index is 0.0225. The van der Waals surface area contributed by atoms with E-state index in [-0.39, 0.29) is 23.0 Å². The molecule has 2 rings (SSSR count). The summed E-state index contributed by atoms with van der Waals surface area (Å²) in [7, 11) is -3.66. The molecule has 0 saturated heterocycles. The molecule has 6 nitrogen and oxygen atoms in total.